The van der Waals surface area contributed by atoms with Crippen LogP contribution < -0.4 is 5.32 Å². The maximum absolute atomic E-state index is 12.5. The number of hydrogen-bond acceptors (Lipinski definition) is 5. The number of aryl methyl sites for hydroxylation is 1. The predicted octanol–water partition coefficient (Wildman–Crippen LogP) is 3.33. The van der Waals surface area contributed by atoms with E-state index in [0.717, 1.165) is 23.0 Å². The zero-order chi connectivity index (χ0) is 18.0. The van der Waals surface area contributed by atoms with E-state index in [4.69, 9.17) is 5.11 Å². The number of imide groups is 1. The summed E-state index contributed by atoms with van der Waals surface area (Å²) in [4.78, 5) is 36.7. The number of carbonyl (C=O) groups excluding carboxylic acids is 2. The first-order valence-electron chi connectivity index (χ1n) is 7.61. The monoisotopic (exact) mass is 356 g/mol. The van der Waals surface area contributed by atoms with Crippen molar-refractivity contribution >= 4 is 34.6 Å². The third-order valence-corrected chi connectivity index (χ3v) is 4.76. The Bertz CT molecular complexity index is 835. The van der Waals surface area contributed by atoms with E-state index < -0.39 is 11.3 Å². The number of anilines is 1. The Balaban J connectivity index is 1.69. The number of benzene rings is 2. The molecule has 0 bridgehead atoms. The topological polar surface area (TPSA) is 86.7 Å². The van der Waals surface area contributed by atoms with Crippen molar-refractivity contribution < 1.29 is 19.5 Å². The zero-order valence-electron chi connectivity index (χ0n) is 13.4. The molecule has 25 heavy (non-hydrogen) atoms. The highest BCUT2D eigenvalue weighted by Gasteiger charge is 2.39. The van der Waals surface area contributed by atoms with E-state index in [1.807, 2.05) is 31.2 Å². The van der Waals surface area contributed by atoms with E-state index in [2.05, 4.69) is 5.32 Å². The number of carboxylic acid groups (broad SMARTS) is 1. The molecule has 2 amide bonds. The van der Waals surface area contributed by atoms with Crippen LogP contribution in [0.2, 0.25) is 0 Å². The second kappa shape index (κ2) is 6.98. The molecule has 0 aliphatic carbocycles. The van der Waals surface area contributed by atoms with Crippen LogP contribution >= 0.6 is 11.8 Å². The zero-order valence-corrected chi connectivity index (χ0v) is 14.2. The minimum absolute atomic E-state index is 0.122. The third-order valence-electron chi connectivity index (χ3n) is 3.79. The van der Waals surface area contributed by atoms with Crippen molar-refractivity contribution in [3.05, 3.63) is 65.2 Å². The maximum Gasteiger partial charge on any atom is 0.335 e. The van der Waals surface area contributed by atoms with Gasteiger partial charge in [-0.05, 0) is 54.1 Å². The largest absolute Gasteiger partial charge is 0.478 e. The molecule has 0 aromatic heterocycles. The summed E-state index contributed by atoms with van der Waals surface area (Å²) in [6.45, 7) is 2.07. The number of thioether (sulfide) groups is 1. The SMILES string of the molecule is Cc1cccc(NC2SC(=O)N(Cc3ccc(C(=O)O)cc3)C2=O)c1. The van der Waals surface area contributed by atoms with Crippen molar-refractivity contribution in [2.45, 2.75) is 18.8 Å². The molecule has 1 aliphatic heterocycles. The summed E-state index contributed by atoms with van der Waals surface area (Å²) >= 11 is 0.942. The number of amides is 2. The Morgan fingerprint density at radius 2 is 1.92 bits per heavy atom. The first kappa shape index (κ1) is 17.0. The Labute approximate surface area is 148 Å². The van der Waals surface area contributed by atoms with Crippen LogP contribution in [0.3, 0.4) is 0 Å². The fraction of sp³-hybridized carbons (Fsp3) is 0.167. The molecule has 1 aliphatic rings. The minimum Gasteiger partial charge on any atom is -0.478 e. The highest BCUT2D eigenvalue weighted by molar-refractivity contribution is 8.15. The van der Waals surface area contributed by atoms with Gasteiger partial charge in [0.25, 0.3) is 11.1 Å². The van der Waals surface area contributed by atoms with Gasteiger partial charge in [-0.1, -0.05) is 24.3 Å². The summed E-state index contributed by atoms with van der Waals surface area (Å²) in [5, 5.41) is 11.0. The van der Waals surface area contributed by atoms with Gasteiger partial charge in [0.1, 0.15) is 0 Å². The number of rotatable bonds is 5. The van der Waals surface area contributed by atoms with Crippen molar-refractivity contribution in [1.82, 2.24) is 4.90 Å². The lowest BCUT2D eigenvalue weighted by Crippen LogP contribution is -2.33. The Morgan fingerprint density at radius 3 is 2.56 bits per heavy atom. The fourth-order valence-corrected chi connectivity index (χ4v) is 3.41. The van der Waals surface area contributed by atoms with E-state index in [0.29, 0.717) is 5.56 Å². The van der Waals surface area contributed by atoms with Crippen LogP contribution in [0.4, 0.5) is 10.5 Å². The number of carboxylic acids is 1. The number of nitrogens with one attached hydrogen (secondary N) is 1. The summed E-state index contributed by atoms with van der Waals surface area (Å²) in [7, 11) is 0. The van der Waals surface area contributed by atoms with E-state index >= 15 is 0 Å². The summed E-state index contributed by atoms with van der Waals surface area (Å²) in [5.74, 6) is -1.32. The van der Waals surface area contributed by atoms with Gasteiger partial charge in [-0.15, -0.1) is 0 Å². The van der Waals surface area contributed by atoms with Crippen LogP contribution in [0.1, 0.15) is 21.5 Å². The second-order valence-electron chi connectivity index (χ2n) is 5.70. The predicted molar refractivity (Wildman–Crippen MR) is 95.5 cm³/mol. The molecule has 1 heterocycles. The van der Waals surface area contributed by atoms with Gasteiger partial charge in [-0.25, -0.2) is 4.79 Å². The number of aromatic carboxylic acids is 1. The van der Waals surface area contributed by atoms with Crippen LogP contribution in [0.15, 0.2) is 48.5 Å². The normalized spacial score (nSPS) is 17.0. The number of carbonyl (C=O) groups is 3. The van der Waals surface area contributed by atoms with Crippen molar-refractivity contribution in [2.24, 2.45) is 0 Å². The molecule has 0 radical (unpaired) electrons. The molecule has 6 nitrogen and oxygen atoms in total. The van der Waals surface area contributed by atoms with Crippen molar-refractivity contribution in [1.29, 1.82) is 0 Å². The highest BCUT2D eigenvalue weighted by atomic mass is 32.2. The minimum atomic E-state index is -1.02. The number of hydrogen-bond donors (Lipinski definition) is 2. The Morgan fingerprint density at radius 1 is 1.20 bits per heavy atom. The van der Waals surface area contributed by atoms with Crippen molar-refractivity contribution in [3.63, 3.8) is 0 Å². The standard InChI is InChI=1S/C18H16N2O4S/c1-11-3-2-4-14(9-11)19-15-16(21)20(18(24)25-15)10-12-5-7-13(8-6-12)17(22)23/h2-9,15,19H,10H2,1H3,(H,22,23). The highest BCUT2D eigenvalue weighted by Crippen LogP contribution is 2.29. The molecule has 7 heteroatoms. The molecule has 1 fully saturated rings. The van der Waals surface area contributed by atoms with Gasteiger partial charge in [-0.3, -0.25) is 14.5 Å². The van der Waals surface area contributed by atoms with Gasteiger partial charge in [0.05, 0.1) is 12.1 Å². The van der Waals surface area contributed by atoms with E-state index in [1.54, 1.807) is 12.1 Å². The first-order chi connectivity index (χ1) is 11.9. The summed E-state index contributed by atoms with van der Waals surface area (Å²) < 4.78 is 0. The molecule has 0 spiro atoms. The van der Waals surface area contributed by atoms with E-state index in [9.17, 15) is 14.4 Å². The van der Waals surface area contributed by atoms with Gasteiger partial charge < -0.3 is 10.4 Å². The average Bonchev–Trinajstić information content (AvgIpc) is 2.83. The van der Waals surface area contributed by atoms with Crippen LogP contribution in [0.5, 0.6) is 0 Å². The quantitative estimate of drug-likeness (QED) is 0.855. The lowest BCUT2D eigenvalue weighted by atomic mass is 10.1. The molecule has 1 atom stereocenters. The average molecular weight is 356 g/mol. The van der Waals surface area contributed by atoms with Crippen LogP contribution in [-0.4, -0.2) is 32.5 Å². The first-order valence-corrected chi connectivity index (χ1v) is 8.49. The van der Waals surface area contributed by atoms with Gasteiger partial charge in [0.2, 0.25) is 0 Å². The van der Waals surface area contributed by atoms with Crippen molar-refractivity contribution in [3.8, 4) is 0 Å². The number of nitrogens with zero attached hydrogens (tertiary/aromatic N) is 1. The molecule has 2 N–H and O–H groups in total. The molecule has 1 saturated heterocycles. The lowest BCUT2D eigenvalue weighted by molar-refractivity contribution is -0.126. The van der Waals surface area contributed by atoms with Gasteiger partial charge in [0, 0.05) is 5.69 Å². The molecule has 2 aromatic rings. The van der Waals surface area contributed by atoms with Crippen LogP contribution in [0.25, 0.3) is 0 Å². The maximum atomic E-state index is 12.5. The van der Waals surface area contributed by atoms with Gasteiger partial charge >= 0.3 is 5.97 Å². The fourth-order valence-electron chi connectivity index (χ4n) is 2.50. The Hall–Kier alpha value is -2.80. The van der Waals surface area contributed by atoms with Crippen molar-refractivity contribution in [2.75, 3.05) is 5.32 Å². The molecule has 1 unspecified atom stereocenters. The van der Waals surface area contributed by atoms with E-state index in [-0.39, 0.29) is 23.3 Å². The molecule has 2 aromatic carbocycles. The molecular formula is C18H16N2O4S. The molecule has 3 rings (SSSR count). The third kappa shape index (κ3) is 3.83. The van der Waals surface area contributed by atoms with Gasteiger partial charge in [-0.2, -0.15) is 0 Å². The molecule has 0 saturated carbocycles. The summed E-state index contributed by atoms with van der Waals surface area (Å²) in [5.41, 5.74) is 2.70. The molecular weight excluding hydrogens is 340 g/mol. The van der Waals surface area contributed by atoms with Crippen LogP contribution in [0, 0.1) is 6.92 Å². The van der Waals surface area contributed by atoms with Crippen LogP contribution in [-0.2, 0) is 11.3 Å². The second-order valence-corrected chi connectivity index (χ2v) is 6.76. The lowest BCUT2D eigenvalue weighted by Gasteiger charge is -2.15. The summed E-state index contributed by atoms with van der Waals surface area (Å²) in [6, 6.07) is 13.7. The molecule has 128 valence electrons. The smallest absolute Gasteiger partial charge is 0.335 e. The van der Waals surface area contributed by atoms with E-state index in [1.165, 1.54) is 17.0 Å². The van der Waals surface area contributed by atoms with Gasteiger partial charge in [0.15, 0.2) is 5.37 Å². The Kier molecular flexibility index (Phi) is 4.76. The summed E-state index contributed by atoms with van der Waals surface area (Å²) in [6.07, 6.45) is 0.